The Kier molecular flexibility index (Phi) is 3.55. The third-order valence-electron chi connectivity index (χ3n) is 2.75. The van der Waals surface area contributed by atoms with Gasteiger partial charge in [0, 0.05) is 13.2 Å². The summed E-state index contributed by atoms with van der Waals surface area (Å²) in [6, 6.07) is 0. The van der Waals surface area contributed by atoms with Crippen molar-refractivity contribution in [3.05, 3.63) is 0 Å². The Balaban J connectivity index is 2.16. The van der Waals surface area contributed by atoms with Crippen LogP contribution in [0, 0.1) is 0 Å². The van der Waals surface area contributed by atoms with E-state index in [1.807, 2.05) is 0 Å². The first kappa shape index (κ1) is 11.3. The van der Waals surface area contributed by atoms with Gasteiger partial charge in [-0.05, 0) is 6.42 Å². The second kappa shape index (κ2) is 4.73. The zero-order valence-corrected chi connectivity index (χ0v) is 8.41. The van der Waals surface area contributed by atoms with E-state index in [1.165, 1.54) is 0 Å². The van der Waals surface area contributed by atoms with Gasteiger partial charge in [0.2, 0.25) is 0 Å². The van der Waals surface area contributed by atoms with Crippen LogP contribution in [-0.4, -0.2) is 60.7 Å². The lowest BCUT2D eigenvalue weighted by molar-refractivity contribution is -0.291. The molecule has 3 aliphatic heterocycles. The van der Waals surface area contributed by atoms with E-state index in [1.54, 1.807) is 0 Å². The molecule has 4 N–H and O–H groups in total. The van der Waals surface area contributed by atoms with E-state index in [0.717, 1.165) is 0 Å². The number of hydrogen-bond donors (Lipinski definition) is 3. The summed E-state index contributed by atoms with van der Waals surface area (Å²) in [7, 11) is 0. The molecule has 3 heterocycles. The number of aliphatic hydroxyl groups excluding tert-OH is 2. The summed E-state index contributed by atoms with van der Waals surface area (Å²) in [6.45, 7) is 1.15. The minimum absolute atomic E-state index is 0.230. The van der Waals surface area contributed by atoms with Crippen LogP contribution in [0.3, 0.4) is 0 Å². The highest BCUT2D eigenvalue weighted by Gasteiger charge is 2.45. The molecule has 0 aromatic carbocycles. The van der Waals surface area contributed by atoms with Gasteiger partial charge in [-0.1, -0.05) is 0 Å². The topological polar surface area (TPSA) is 94.2 Å². The quantitative estimate of drug-likeness (QED) is 0.481. The fourth-order valence-corrected chi connectivity index (χ4v) is 1.92. The number of aliphatic hydroxyl groups is 2. The Hall–Kier alpha value is -0.240. The molecule has 0 radical (unpaired) electrons. The van der Waals surface area contributed by atoms with Crippen molar-refractivity contribution in [1.29, 1.82) is 0 Å². The van der Waals surface area contributed by atoms with Gasteiger partial charge >= 0.3 is 0 Å². The largest absolute Gasteiger partial charge is 0.387 e. The van der Waals surface area contributed by atoms with Crippen molar-refractivity contribution in [2.75, 3.05) is 19.8 Å². The van der Waals surface area contributed by atoms with E-state index in [0.29, 0.717) is 19.6 Å². The van der Waals surface area contributed by atoms with Crippen LogP contribution in [0.15, 0.2) is 0 Å². The van der Waals surface area contributed by atoms with Gasteiger partial charge in [-0.3, -0.25) is 0 Å². The van der Waals surface area contributed by atoms with Crippen LogP contribution >= 0.6 is 0 Å². The van der Waals surface area contributed by atoms with Crippen LogP contribution < -0.4 is 5.73 Å². The molecule has 0 amide bonds. The zero-order chi connectivity index (χ0) is 10.8. The molecule has 0 aromatic heterocycles. The van der Waals surface area contributed by atoms with Crippen LogP contribution in [0.1, 0.15) is 6.42 Å². The molecule has 6 heteroatoms. The van der Waals surface area contributed by atoms with E-state index < -0.39 is 30.7 Å². The first-order valence-corrected chi connectivity index (χ1v) is 5.19. The number of hydrogen-bond acceptors (Lipinski definition) is 6. The lowest BCUT2D eigenvalue weighted by Crippen LogP contribution is -2.60. The van der Waals surface area contributed by atoms with Crippen LogP contribution in [-0.2, 0) is 14.2 Å². The average Bonchev–Trinajstić information content (AvgIpc) is 2.38. The molecule has 15 heavy (non-hydrogen) atoms. The molecule has 3 saturated heterocycles. The highest BCUT2D eigenvalue weighted by molar-refractivity contribution is 4.91. The van der Waals surface area contributed by atoms with E-state index in [9.17, 15) is 10.2 Å². The highest BCUT2D eigenvalue weighted by Crippen LogP contribution is 2.25. The first-order chi connectivity index (χ1) is 7.24. The van der Waals surface area contributed by atoms with Crippen molar-refractivity contribution in [3.8, 4) is 0 Å². The minimum Gasteiger partial charge on any atom is -0.387 e. The predicted octanol–water partition coefficient (Wildman–Crippen LogP) is -1.80. The summed E-state index contributed by atoms with van der Waals surface area (Å²) in [4.78, 5) is 0. The molecule has 0 spiro atoms. The Bertz CT molecular complexity index is 211. The molecule has 0 aromatic rings. The summed E-state index contributed by atoms with van der Waals surface area (Å²) in [5.74, 6) is 0. The monoisotopic (exact) mass is 219 g/mol. The molecular formula is C9H17NO5. The molecule has 5 unspecified atom stereocenters. The fourth-order valence-electron chi connectivity index (χ4n) is 1.92. The van der Waals surface area contributed by atoms with E-state index in [4.69, 9.17) is 19.9 Å². The third-order valence-corrected chi connectivity index (χ3v) is 2.75. The standard InChI is InChI=1S/C9H17NO5/c10-4-5-8-6(11)7(12)9(15-5)14-3-1-2-13-8/h5-9,11-12H,1-4,10H2. The van der Waals surface area contributed by atoms with E-state index in [-0.39, 0.29) is 6.54 Å². The zero-order valence-electron chi connectivity index (χ0n) is 8.41. The van der Waals surface area contributed by atoms with E-state index in [2.05, 4.69) is 0 Å². The molecule has 2 bridgehead atoms. The van der Waals surface area contributed by atoms with Gasteiger partial charge in [0.1, 0.15) is 24.4 Å². The molecular weight excluding hydrogens is 202 g/mol. The van der Waals surface area contributed by atoms with Crippen LogP contribution in [0.2, 0.25) is 0 Å². The lowest BCUT2D eigenvalue weighted by Gasteiger charge is -2.40. The molecule has 3 rings (SSSR count). The van der Waals surface area contributed by atoms with Gasteiger partial charge in [0.25, 0.3) is 0 Å². The summed E-state index contributed by atoms with van der Waals surface area (Å²) >= 11 is 0. The van der Waals surface area contributed by atoms with Crippen molar-refractivity contribution in [3.63, 3.8) is 0 Å². The molecule has 3 aliphatic rings. The second-order valence-corrected chi connectivity index (χ2v) is 3.82. The summed E-state index contributed by atoms with van der Waals surface area (Å²) in [5.41, 5.74) is 5.52. The first-order valence-electron chi connectivity index (χ1n) is 5.19. The van der Waals surface area contributed by atoms with Crippen LogP contribution in [0.4, 0.5) is 0 Å². The second-order valence-electron chi connectivity index (χ2n) is 3.82. The fraction of sp³-hybridized carbons (Fsp3) is 1.00. The minimum atomic E-state index is -1.07. The summed E-state index contributed by atoms with van der Waals surface area (Å²) in [6.07, 6.45) is -3.15. The number of rotatable bonds is 1. The van der Waals surface area contributed by atoms with Gasteiger partial charge < -0.3 is 30.2 Å². The Morgan fingerprint density at radius 1 is 1.13 bits per heavy atom. The molecule has 6 nitrogen and oxygen atoms in total. The predicted molar refractivity (Wildman–Crippen MR) is 50.0 cm³/mol. The summed E-state index contributed by atoms with van der Waals surface area (Å²) in [5, 5.41) is 19.5. The van der Waals surface area contributed by atoms with Crippen molar-refractivity contribution < 1.29 is 24.4 Å². The molecule has 88 valence electrons. The maximum absolute atomic E-state index is 9.81. The van der Waals surface area contributed by atoms with Crippen molar-refractivity contribution in [1.82, 2.24) is 0 Å². The van der Waals surface area contributed by atoms with Gasteiger partial charge in [0.05, 0.1) is 6.61 Å². The third kappa shape index (κ3) is 2.15. The number of ether oxygens (including phenoxy) is 3. The SMILES string of the molecule is NCC1OC2OCCCOC1C(O)C2O. The molecule has 3 fully saturated rings. The molecule has 0 aliphatic carbocycles. The van der Waals surface area contributed by atoms with E-state index >= 15 is 0 Å². The Labute approximate surface area is 87.9 Å². The maximum Gasteiger partial charge on any atom is 0.186 e. The van der Waals surface area contributed by atoms with Crippen molar-refractivity contribution >= 4 is 0 Å². The smallest absolute Gasteiger partial charge is 0.186 e. The average molecular weight is 219 g/mol. The maximum atomic E-state index is 9.81. The van der Waals surface area contributed by atoms with Gasteiger partial charge in [0.15, 0.2) is 6.29 Å². The van der Waals surface area contributed by atoms with Crippen molar-refractivity contribution in [2.45, 2.75) is 37.1 Å². The number of fused-ring (bicyclic) bond motifs is 6. The highest BCUT2D eigenvalue weighted by atomic mass is 16.7. The van der Waals surface area contributed by atoms with Gasteiger partial charge in [-0.15, -0.1) is 0 Å². The lowest BCUT2D eigenvalue weighted by atomic mass is 9.99. The Morgan fingerprint density at radius 3 is 2.60 bits per heavy atom. The molecule has 5 atom stereocenters. The van der Waals surface area contributed by atoms with Crippen LogP contribution in [0.5, 0.6) is 0 Å². The normalized spacial score (nSPS) is 47.0. The Morgan fingerprint density at radius 2 is 1.87 bits per heavy atom. The summed E-state index contributed by atoms with van der Waals surface area (Å²) < 4.78 is 16.2. The van der Waals surface area contributed by atoms with Crippen LogP contribution in [0.25, 0.3) is 0 Å². The number of nitrogens with two attached hydrogens (primary N) is 1. The molecule has 0 saturated carbocycles. The van der Waals surface area contributed by atoms with Crippen molar-refractivity contribution in [2.24, 2.45) is 5.73 Å². The van der Waals surface area contributed by atoms with Gasteiger partial charge in [-0.2, -0.15) is 0 Å². The van der Waals surface area contributed by atoms with Gasteiger partial charge in [-0.25, -0.2) is 0 Å².